The smallest absolute Gasteiger partial charge is 0.409 e. The number of likely N-dealkylation sites (tertiary alicyclic amines) is 1. The molecule has 0 aromatic carbocycles. The molecule has 10 heteroatoms. The molecule has 0 radical (unpaired) electrons. The molecule has 4 rings (SSSR count). The van der Waals surface area contributed by atoms with Gasteiger partial charge in [0.1, 0.15) is 0 Å². The van der Waals surface area contributed by atoms with Crippen LogP contribution >= 0.6 is 23.1 Å². The molecule has 156 valence electrons. The number of aromatic nitrogens is 3. The Bertz CT molecular complexity index is 842. The van der Waals surface area contributed by atoms with Crippen LogP contribution in [-0.4, -0.2) is 63.2 Å². The van der Waals surface area contributed by atoms with Crippen LogP contribution in [-0.2, 0) is 9.53 Å². The first-order chi connectivity index (χ1) is 14.2. The summed E-state index contributed by atoms with van der Waals surface area (Å²) in [7, 11) is 0. The second kappa shape index (κ2) is 9.17. The van der Waals surface area contributed by atoms with Crippen LogP contribution in [0.15, 0.2) is 22.7 Å². The van der Waals surface area contributed by atoms with E-state index in [0.717, 1.165) is 41.5 Å². The summed E-state index contributed by atoms with van der Waals surface area (Å²) in [6.07, 6.45) is 3.49. The highest BCUT2D eigenvalue weighted by Gasteiger charge is 2.31. The monoisotopic (exact) mass is 435 g/mol. The van der Waals surface area contributed by atoms with Crippen LogP contribution in [0.5, 0.6) is 0 Å². The topological polar surface area (TPSA) is 89.3 Å². The molecule has 8 nitrogen and oxygen atoms in total. The maximum absolute atomic E-state index is 12.4. The molecule has 2 fully saturated rings. The van der Waals surface area contributed by atoms with Crippen molar-refractivity contribution in [2.75, 3.05) is 25.4 Å². The van der Waals surface area contributed by atoms with E-state index >= 15 is 0 Å². The molecule has 2 aromatic heterocycles. The number of ether oxygens (including phenoxy) is 1. The number of nitrogens with zero attached hydrogens (tertiary/aromatic N) is 4. The zero-order valence-corrected chi connectivity index (χ0v) is 18.0. The van der Waals surface area contributed by atoms with Gasteiger partial charge in [0.2, 0.25) is 5.91 Å². The largest absolute Gasteiger partial charge is 0.450 e. The lowest BCUT2D eigenvalue weighted by Gasteiger charge is -2.31. The van der Waals surface area contributed by atoms with Crippen LogP contribution in [0, 0.1) is 0 Å². The van der Waals surface area contributed by atoms with Crippen molar-refractivity contribution in [3.8, 4) is 10.7 Å². The molecule has 1 saturated heterocycles. The molecule has 2 amide bonds. The van der Waals surface area contributed by atoms with Crippen molar-refractivity contribution in [3.63, 3.8) is 0 Å². The molecule has 0 atom stereocenters. The maximum Gasteiger partial charge on any atom is 0.409 e. The minimum Gasteiger partial charge on any atom is -0.450 e. The molecule has 1 saturated carbocycles. The first-order valence-corrected chi connectivity index (χ1v) is 11.8. The zero-order chi connectivity index (χ0) is 20.2. The second-order valence-electron chi connectivity index (χ2n) is 7.20. The number of piperidine rings is 1. The number of nitrogens with one attached hydrogen (secondary N) is 1. The Hall–Kier alpha value is -2.07. The number of thiophene rings is 1. The average molecular weight is 436 g/mol. The molecule has 2 aromatic rings. The van der Waals surface area contributed by atoms with Crippen LogP contribution in [0.4, 0.5) is 4.79 Å². The Morgan fingerprint density at radius 1 is 1.28 bits per heavy atom. The van der Waals surface area contributed by atoms with Crippen LogP contribution in [0.1, 0.15) is 38.6 Å². The molecule has 29 heavy (non-hydrogen) atoms. The van der Waals surface area contributed by atoms with Gasteiger partial charge in [0.25, 0.3) is 0 Å². The van der Waals surface area contributed by atoms with Crippen molar-refractivity contribution in [3.05, 3.63) is 17.5 Å². The molecule has 0 spiro atoms. The maximum atomic E-state index is 12.4. The van der Waals surface area contributed by atoms with E-state index in [1.54, 1.807) is 23.2 Å². The quantitative estimate of drug-likeness (QED) is 0.672. The van der Waals surface area contributed by atoms with Gasteiger partial charge in [0.05, 0.1) is 17.2 Å². The minimum atomic E-state index is -0.270. The van der Waals surface area contributed by atoms with Crippen LogP contribution < -0.4 is 5.32 Å². The Labute approximate surface area is 178 Å². The lowest BCUT2D eigenvalue weighted by molar-refractivity contribution is -0.119. The lowest BCUT2D eigenvalue weighted by Crippen LogP contribution is -2.47. The molecule has 0 bridgehead atoms. The Kier molecular flexibility index (Phi) is 6.39. The normalized spacial score (nSPS) is 17.3. The van der Waals surface area contributed by atoms with Crippen LogP contribution in [0.25, 0.3) is 10.7 Å². The molecular formula is C19H25N5O3S2. The summed E-state index contributed by atoms with van der Waals surface area (Å²) in [6.45, 7) is 3.40. The van der Waals surface area contributed by atoms with Gasteiger partial charge >= 0.3 is 6.09 Å². The molecule has 2 aliphatic rings. The van der Waals surface area contributed by atoms with Crippen molar-refractivity contribution in [2.24, 2.45) is 0 Å². The van der Waals surface area contributed by atoms with Gasteiger partial charge in [-0.15, -0.1) is 21.5 Å². The summed E-state index contributed by atoms with van der Waals surface area (Å²) in [5, 5.41) is 14.6. The fraction of sp³-hybridized carbons (Fsp3) is 0.579. The number of rotatable bonds is 7. The predicted molar refractivity (Wildman–Crippen MR) is 112 cm³/mol. The Morgan fingerprint density at radius 3 is 2.72 bits per heavy atom. The number of hydrogen-bond donors (Lipinski definition) is 1. The summed E-state index contributed by atoms with van der Waals surface area (Å²) in [6, 6.07) is 4.60. The fourth-order valence-electron chi connectivity index (χ4n) is 3.43. The minimum absolute atomic E-state index is 0.00685. The highest BCUT2D eigenvalue weighted by molar-refractivity contribution is 7.99. The Morgan fingerprint density at radius 2 is 2.07 bits per heavy atom. The van der Waals surface area contributed by atoms with E-state index in [0.29, 0.717) is 31.5 Å². The number of carbonyl (C=O) groups excluding carboxylic acids is 2. The molecule has 1 aliphatic carbocycles. The first kappa shape index (κ1) is 20.2. The second-order valence-corrected chi connectivity index (χ2v) is 9.09. The number of carbonyl (C=O) groups is 2. The summed E-state index contributed by atoms with van der Waals surface area (Å²) in [5.74, 6) is 1.21. The lowest BCUT2D eigenvalue weighted by atomic mass is 10.1. The third kappa shape index (κ3) is 4.92. The molecule has 3 heterocycles. The highest BCUT2D eigenvalue weighted by atomic mass is 32.2. The van der Waals surface area contributed by atoms with E-state index in [4.69, 9.17) is 4.74 Å². The molecule has 1 N–H and O–H groups in total. The van der Waals surface area contributed by atoms with Crippen molar-refractivity contribution >= 4 is 35.1 Å². The summed E-state index contributed by atoms with van der Waals surface area (Å²) in [4.78, 5) is 27.0. The zero-order valence-electron chi connectivity index (χ0n) is 16.4. The Balaban J connectivity index is 1.28. The van der Waals surface area contributed by atoms with E-state index in [-0.39, 0.29) is 18.0 Å². The van der Waals surface area contributed by atoms with Crippen molar-refractivity contribution < 1.29 is 14.3 Å². The van der Waals surface area contributed by atoms with Gasteiger partial charge in [-0.1, -0.05) is 17.8 Å². The standard InChI is InChI=1S/C19H25N5O3S2/c1-2-27-19(26)23-9-7-13(8-10-23)20-16(25)12-29-18-22-21-17(15-4-3-11-28-15)24(18)14-5-6-14/h3-4,11,13-14H,2,5-10,12H2,1H3,(H,20,25). The fourth-order valence-corrected chi connectivity index (χ4v) is 4.95. The summed E-state index contributed by atoms with van der Waals surface area (Å²) < 4.78 is 7.21. The van der Waals surface area contributed by atoms with E-state index < -0.39 is 0 Å². The third-order valence-corrected chi connectivity index (χ3v) is 6.85. The average Bonchev–Trinajstić information content (AvgIpc) is 3.24. The van der Waals surface area contributed by atoms with Gasteiger partial charge in [0, 0.05) is 25.2 Å². The molecule has 0 unspecified atom stereocenters. The number of amides is 2. The molecule has 1 aliphatic heterocycles. The summed E-state index contributed by atoms with van der Waals surface area (Å²) >= 11 is 3.09. The number of hydrogen-bond acceptors (Lipinski definition) is 7. The van der Waals surface area contributed by atoms with Crippen LogP contribution in [0.3, 0.4) is 0 Å². The van der Waals surface area contributed by atoms with Gasteiger partial charge in [-0.2, -0.15) is 0 Å². The highest BCUT2D eigenvalue weighted by Crippen LogP contribution is 2.41. The third-order valence-electron chi connectivity index (χ3n) is 5.04. The molecular weight excluding hydrogens is 410 g/mol. The van der Waals surface area contributed by atoms with Gasteiger partial charge < -0.3 is 15.0 Å². The summed E-state index contributed by atoms with van der Waals surface area (Å²) in [5.41, 5.74) is 0. The first-order valence-electron chi connectivity index (χ1n) is 9.98. The predicted octanol–water partition coefficient (Wildman–Crippen LogP) is 3.17. The number of thioether (sulfide) groups is 1. The van der Waals surface area contributed by atoms with Crippen molar-refractivity contribution in [2.45, 2.75) is 49.8 Å². The SMILES string of the molecule is CCOC(=O)N1CCC(NC(=O)CSc2nnc(-c3cccs3)n2C2CC2)CC1. The van der Waals surface area contributed by atoms with Crippen molar-refractivity contribution in [1.82, 2.24) is 25.0 Å². The van der Waals surface area contributed by atoms with E-state index in [9.17, 15) is 9.59 Å². The van der Waals surface area contributed by atoms with Gasteiger partial charge in [0.15, 0.2) is 11.0 Å². The van der Waals surface area contributed by atoms with E-state index in [2.05, 4.69) is 26.1 Å². The van der Waals surface area contributed by atoms with E-state index in [1.165, 1.54) is 11.8 Å². The van der Waals surface area contributed by atoms with E-state index in [1.807, 2.05) is 11.4 Å². The van der Waals surface area contributed by atoms with Gasteiger partial charge in [-0.3, -0.25) is 9.36 Å². The van der Waals surface area contributed by atoms with Crippen molar-refractivity contribution in [1.29, 1.82) is 0 Å². The van der Waals surface area contributed by atoms with Gasteiger partial charge in [-0.25, -0.2) is 4.79 Å². The van der Waals surface area contributed by atoms with Gasteiger partial charge in [-0.05, 0) is 44.1 Å². The van der Waals surface area contributed by atoms with Crippen LogP contribution in [0.2, 0.25) is 0 Å².